The molecule has 1 aliphatic heterocycles. The second-order valence-electron chi connectivity index (χ2n) is 8.83. The molecule has 1 aliphatic rings. The first kappa shape index (κ1) is 22.3. The highest BCUT2D eigenvalue weighted by molar-refractivity contribution is 7.15. The summed E-state index contributed by atoms with van der Waals surface area (Å²) >= 11 is 1.37. The van der Waals surface area contributed by atoms with Crippen LogP contribution >= 0.6 is 11.3 Å². The predicted octanol–water partition coefficient (Wildman–Crippen LogP) is 5.30. The van der Waals surface area contributed by atoms with Crippen LogP contribution in [-0.2, 0) is 6.42 Å². The van der Waals surface area contributed by atoms with Crippen molar-refractivity contribution in [3.63, 3.8) is 0 Å². The van der Waals surface area contributed by atoms with Gasteiger partial charge in [-0.1, -0.05) is 48.9 Å². The van der Waals surface area contributed by atoms with Crippen molar-refractivity contribution >= 4 is 33.3 Å². The van der Waals surface area contributed by atoms with Crippen molar-refractivity contribution in [2.24, 2.45) is 5.92 Å². The minimum Gasteiger partial charge on any atom is -0.494 e. The second kappa shape index (κ2) is 8.68. The van der Waals surface area contributed by atoms with Gasteiger partial charge >= 0.3 is 0 Å². The van der Waals surface area contributed by atoms with Crippen molar-refractivity contribution in [2.75, 3.05) is 11.5 Å². The van der Waals surface area contributed by atoms with Gasteiger partial charge in [-0.2, -0.15) is 0 Å². The van der Waals surface area contributed by atoms with Crippen LogP contribution in [-0.4, -0.2) is 22.7 Å². The van der Waals surface area contributed by atoms with Gasteiger partial charge in [0.2, 0.25) is 10.9 Å². The fourth-order valence-electron chi connectivity index (χ4n) is 4.29. The number of carbonyl (C=O) groups is 1. The molecular formula is C26H25N3O4S. The molecule has 1 unspecified atom stereocenters. The summed E-state index contributed by atoms with van der Waals surface area (Å²) in [5, 5.41) is 10.4. The summed E-state index contributed by atoms with van der Waals surface area (Å²) in [5.74, 6) is 0.797. The molecule has 34 heavy (non-hydrogen) atoms. The molecule has 0 N–H and O–H groups in total. The zero-order chi connectivity index (χ0) is 24.0. The van der Waals surface area contributed by atoms with E-state index in [1.165, 1.54) is 11.3 Å². The predicted molar refractivity (Wildman–Crippen MR) is 132 cm³/mol. The third-order valence-corrected chi connectivity index (χ3v) is 6.72. The Hall–Kier alpha value is -3.52. The van der Waals surface area contributed by atoms with Crippen LogP contribution in [0.4, 0.5) is 5.13 Å². The number of carbonyl (C=O) groups excluding carboxylic acids is 1. The maximum Gasteiger partial charge on any atom is 0.297 e. The van der Waals surface area contributed by atoms with Crippen LogP contribution in [0.3, 0.4) is 0 Å². The molecule has 7 nitrogen and oxygen atoms in total. The molecule has 0 spiro atoms. The number of nitrogens with zero attached hydrogens (tertiary/aromatic N) is 3. The SMILES string of the molecule is CCOc1ccc(C2c3c(oc4ccc(C)cc4c3=O)C(=O)N2c2nnc(CC(C)C)s2)cc1. The highest BCUT2D eigenvalue weighted by atomic mass is 32.1. The van der Waals surface area contributed by atoms with Crippen molar-refractivity contribution in [3.8, 4) is 5.75 Å². The molecule has 4 aromatic rings. The van der Waals surface area contributed by atoms with Gasteiger partial charge in [-0.25, -0.2) is 0 Å². The number of aryl methyl sites for hydroxylation is 1. The largest absolute Gasteiger partial charge is 0.494 e. The fourth-order valence-corrected chi connectivity index (χ4v) is 5.36. The highest BCUT2D eigenvalue weighted by Crippen LogP contribution is 2.42. The molecule has 2 aromatic heterocycles. The molecule has 174 valence electrons. The van der Waals surface area contributed by atoms with Gasteiger partial charge in [-0.05, 0) is 49.6 Å². The van der Waals surface area contributed by atoms with Gasteiger partial charge in [-0.3, -0.25) is 14.5 Å². The number of aromatic nitrogens is 2. The Morgan fingerprint density at radius 2 is 1.88 bits per heavy atom. The number of fused-ring (bicyclic) bond motifs is 2. The Bertz CT molecular complexity index is 1440. The maximum atomic E-state index is 13.7. The smallest absolute Gasteiger partial charge is 0.297 e. The summed E-state index contributed by atoms with van der Waals surface area (Å²) in [5.41, 5.74) is 2.23. The summed E-state index contributed by atoms with van der Waals surface area (Å²) in [6, 6.07) is 12.2. The molecule has 5 rings (SSSR count). The molecule has 2 aromatic carbocycles. The van der Waals surface area contributed by atoms with Crippen molar-refractivity contribution in [3.05, 3.63) is 80.1 Å². The number of amides is 1. The van der Waals surface area contributed by atoms with Crippen LogP contribution in [0.1, 0.15) is 59.1 Å². The first-order valence-electron chi connectivity index (χ1n) is 11.3. The summed E-state index contributed by atoms with van der Waals surface area (Å²) in [6.07, 6.45) is 0.765. The Kier molecular flexibility index (Phi) is 5.69. The first-order valence-corrected chi connectivity index (χ1v) is 12.1. The Labute approximate surface area is 201 Å². The zero-order valence-corrected chi connectivity index (χ0v) is 20.3. The average Bonchev–Trinajstić information content (AvgIpc) is 3.37. The number of ether oxygens (including phenoxy) is 1. The van der Waals surface area contributed by atoms with E-state index < -0.39 is 6.04 Å². The molecule has 0 saturated heterocycles. The lowest BCUT2D eigenvalue weighted by Crippen LogP contribution is -2.29. The van der Waals surface area contributed by atoms with Crippen LogP contribution in [0, 0.1) is 12.8 Å². The molecular weight excluding hydrogens is 450 g/mol. The van der Waals surface area contributed by atoms with Crippen LogP contribution in [0.5, 0.6) is 5.75 Å². The fraction of sp³-hybridized carbons (Fsp3) is 0.308. The van der Waals surface area contributed by atoms with Crippen LogP contribution in [0.2, 0.25) is 0 Å². The zero-order valence-electron chi connectivity index (χ0n) is 19.5. The van der Waals surface area contributed by atoms with Crippen LogP contribution in [0.15, 0.2) is 51.7 Å². The Morgan fingerprint density at radius 3 is 2.59 bits per heavy atom. The van der Waals surface area contributed by atoms with Gasteiger partial charge < -0.3 is 9.15 Å². The molecule has 0 fully saturated rings. The molecule has 1 amide bonds. The number of anilines is 1. The standard InChI is InChI=1S/C26H25N3O4S/c1-5-32-17-9-7-16(8-10-17)22-21-23(30)18-13-15(4)6-11-19(18)33-24(21)25(31)29(22)26-28-27-20(34-26)12-14(2)3/h6-11,13-14,22H,5,12H2,1-4H3. The third kappa shape index (κ3) is 3.77. The first-order chi connectivity index (χ1) is 16.4. The number of benzene rings is 2. The Morgan fingerprint density at radius 1 is 1.12 bits per heavy atom. The lowest BCUT2D eigenvalue weighted by atomic mass is 9.98. The third-order valence-electron chi connectivity index (χ3n) is 5.78. The van der Waals surface area contributed by atoms with E-state index >= 15 is 0 Å². The van der Waals surface area contributed by atoms with E-state index in [0.29, 0.717) is 34.2 Å². The molecule has 0 bridgehead atoms. The highest BCUT2D eigenvalue weighted by Gasteiger charge is 2.45. The summed E-state index contributed by atoms with van der Waals surface area (Å²) < 4.78 is 11.6. The molecule has 8 heteroatoms. The monoisotopic (exact) mass is 475 g/mol. The Balaban J connectivity index is 1.70. The number of hydrogen-bond acceptors (Lipinski definition) is 7. The topological polar surface area (TPSA) is 85.5 Å². The van der Waals surface area contributed by atoms with E-state index in [2.05, 4.69) is 24.0 Å². The molecule has 0 saturated carbocycles. The molecule has 0 radical (unpaired) electrons. The van der Waals surface area contributed by atoms with Gasteiger partial charge in [0.1, 0.15) is 16.3 Å². The summed E-state index contributed by atoms with van der Waals surface area (Å²) in [6.45, 7) is 8.61. The summed E-state index contributed by atoms with van der Waals surface area (Å²) in [7, 11) is 0. The van der Waals surface area contributed by atoms with E-state index in [9.17, 15) is 9.59 Å². The van der Waals surface area contributed by atoms with Gasteiger partial charge in [0.15, 0.2) is 5.43 Å². The minimum atomic E-state index is -0.667. The van der Waals surface area contributed by atoms with Crippen molar-refractivity contribution in [1.29, 1.82) is 0 Å². The minimum absolute atomic E-state index is 0.0563. The van der Waals surface area contributed by atoms with E-state index in [4.69, 9.17) is 9.15 Å². The normalized spacial score (nSPS) is 15.4. The van der Waals surface area contributed by atoms with Crippen LogP contribution < -0.4 is 15.1 Å². The van der Waals surface area contributed by atoms with Crippen molar-refractivity contribution in [2.45, 2.75) is 40.2 Å². The van der Waals surface area contributed by atoms with Gasteiger partial charge in [0.05, 0.1) is 23.6 Å². The summed E-state index contributed by atoms with van der Waals surface area (Å²) in [4.78, 5) is 28.9. The van der Waals surface area contributed by atoms with Crippen LogP contribution in [0.25, 0.3) is 11.0 Å². The molecule has 3 heterocycles. The lowest BCUT2D eigenvalue weighted by Gasteiger charge is -2.22. The van der Waals surface area contributed by atoms with E-state index in [-0.39, 0.29) is 17.1 Å². The van der Waals surface area contributed by atoms with E-state index in [1.807, 2.05) is 44.2 Å². The van der Waals surface area contributed by atoms with Crippen molar-refractivity contribution < 1.29 is 13.9 Å². The van der Waals surface area contributed by atoms with E-state index in [0.717, 1.165) is 28.3 Å². The molecule has 0 aliphatic carbocycles. The van der Waals surface area contributed by atoms with Gasteiger partial charge in [0, 0.05) is 6.42 Å². The average molecular weight is 476 g/mol. The quantitative estimate of drug-likeness (QED) is 0.376. The number of rotatable bonds is 6. The van der Waals surface area contributed by atoms with Crippen molar-refractivity contribution in [1.82, 2.24) is 10.2 Å². The lowest BCUT2D eigenvalue weighted by molar-refractivity contribution is 0.0970. The maximum absolute atomic E-state index is 13.7. The second-order valence-corrected chi connectivity index (χ2v) is 9.87. The number of hydrogen-bond donors (Lipinski definition) is 0. The molecule has 1 atom stereocenters. The van der Waals surface area contributed by atoms with E-state index in [1.54, 1.807) is 17.0 Å². The van der Waals surface area contributed by atoms with Gasteiger partial charge in [-0.15, -0.1) is 10.2 Å². The van der Waals surface area contributed by atoms with Gasteiger partial charge in [0.25, 0.3) is 5.91 Å².